The maximum Gasteiger partial charge on any atom is 0.227 e. The van der Waals surface area contributed by atoms with Crippen molar-refractivity contribution in [2.75, 3.05) is 54.0 Å². The van der Waals surface area contributed by atoms with Crippen LogP contribution in [0.15, 0.2) is 30.7 Å². The molecule has 2 aromatic heterocycles. The molecular weight excluding hydrogens is 328 g/mol. The predicted molar refractivity (Wildman–Crippen MR) is 103 cm³/mol. The highest BCUT2D eigenvalue weighted by atomic mass is 16.3. The summed E-state index contributed by atoms with van der Waals surface area (Å²) in [7, 11) is 0. The van der Waals surface area contributed by atoms with Gasteiger partial charge in [-0.2, -0.15) is 4.98 Å². The van der Waals surface area contributed by atoms with E-state index in [2.05, 4.69) is 37.7 Å². The SMILES string of the molecule is Cc1cnccc1N1CCCN(c2nccc(N3CC[C@@H](O)C3)n2)CC1. The van der Waals surface area contributed by atoms with Crippen LogP contribution in [0.4, 0.5) is 17.5 Å². The number of aliphatic hydroxyl groups excluding tert-OH is 1. The van der Waals surface area contributed by atoms with Crippen molar-refractivity contribution < 1.29 is 5.11 Å². The van der Waals surface area contributed by atoms with Crippen LogP contribution >= 0.6 is 0 Å². The fourth-order valence-corrected chi connectivity index (χ4v) is 3.80. The summed E-state index contributed by atoms with van der Waals surface area (Å²) in [6, 6.07) is 4.03. The summed E-state index contributed by atoms with van der Waals surface area (Å²) in [6.45, 7) is 7.45. The number of aliphatic hydroxyl groups is 1. The van der Waals surface area contributed by atoms with Crippen LogP contribution in [0, 0.1) is 6.92 Å². The van der Waals surface area contributed by atoms with Crippen molar-refractivity contribution >= 4 is 17.5 Å². The third-order valence-corrected chi connectivity index (χ3v) is 5.23. The van der Waals surface area contributed by atoms with E-state index in [0.29, 0.717) is 6.54 Å². The van der Waals surface area contributed by atoms with Gasteiger partial charge in [-0.3, -0.25) is 4.98 Å². The Morgan fingerprint density at radius 2 is 1.85 bits per heavy atom. The van der Waals surface area contributed by atoms with Crippen LogP contribution in [0.25, 0.3) is 0 Å². The molecule has 4 heterocycles. The average Bonchev–Trinajstić information content (AvgIpc) is 2.95. The lowest BCUT2D eigenvalue weighted by Crippen LogP contribution is -2.32. The summed E-state index contributed by atoms with van der Waals surface area (Å²) in [5.41, 5.74) is 2.48. The molecule has 0 bridgehead atoms. The first-order chi connectivity index (χ1) is 12.7. The molecule has 2 saturated heterocycles. The number of hydrogen-bond donors (Lipinski definition) is 1. The Hall–Kier alpha value is -2.41. The van der Waals surface area contributed by atoms with Gasteiger partial charge in [-0.15, -0.1) is 0 Å². The van der Waals surface area contributed by atoms with Gasteiger partial charge in [-0.1, -0.05) is 0 Å². The first-order valence-corrected chi connectivity index (χ1v) is 9.37. The van der Waals surface area contributed by atoms with Crippen molar-refractivity contribution in [2.45, 2.75) is 25.9 Å². The molecule has 0 saturated carbocycles. The van der Waals surface area contributed by atoms with Gasteiger partial charge in [-0.25, -0.2) is 4.98 Å². The molecule has 2 aromatic rings. The van der Waals surface area contributed by atoms with Gasteiger partial charge in [0.1, 0.15) is 5.82 Å². The Labute approximate surface area is 154 Å². The highest BCUT2D eigenvalue weighted by molar-refractivity contribution is 5.52. The Morgan fingerprint density at radius 1 is 1.00 bits per heavy atom. The molecule has 0 aliphatic carbocycles. The number of hydrogen-bond acceptors (Lipinski definition) is 7. The van der Waals surface area contributed by atoms with E-state index in [1.165, 1.54) is 11.3 Å². The second-order valence-corrected chi connectivity index (χ2v) is 7.09. The molecule has 0 unspecified atom stereocenters. The van der Waals surface area contributed by atoms with Gasteiger partial charge in [-0.05, 0) is 37.5 Å². The molecule has 7 nitrogen and oxygen atoms in total. The Morgan fingerprint density at radius 3 is 2.65 bits per heavy atom. The van der Waals surface area contributed by atoms with E-state index in [-0.39, 0.29) is 6.10 Å². The maximum absolute atomic E-state index is 9.77. The van der Waals surface area contributed by atoms with Crippen LogP contribution in [-0.4, -0.2) is 65.4 Å². The quantitative estimate of drug-likeness (QED) is 0.895. The van der Waals surface area contributed by atoms with Gasteiger partial charge in [0.15, 0.2) is 0 Å². The number of aromatic nitrogens is 3. The van der Waals surface area contributed by atoms with E-state index >= 15 is 0 Å². The minimum Gasteiger partial charge on any atom is -0.391 e. The molecular formula is C19H26N6O. The number of aryl methyl sites for hydroxylation is 1. The lowest BCUT2D eigenvalue weighted by molar-refractivity contribution is 0.198. The molecule has 2 fully saturated rings. The van der Waals surface area contributed by atoms with Crippen molar-refractivity contribution in [1.29, 1.82) is 0 Å². The smallest absolute Gasteiger partial charge is 0.227 e. The van der Waals surface area contributed by atoms with Crippen molar-refractivity contribution in [2.24, 2.45) is 0 Å². The topological polar surface area (TPSA) is 68.6 Å². The zero-order chi connectivity index (χ0) is 17.9. The third kappa shape index (κ3) is 3.58. The molecule has 0 amide bonds. The molecule has 0 spiro atoms. The largest absolute Gasteiger partial charge is 0.391 e. The fourth-order valence-electron chi connectivity index (χ4n) is 3.80. The Balaban J connectivity index is 1.47. The molecule has 0 radical (unpaired) electrons. The maximum atomic E-state index is 9.77. The van der Waals surface area contributed by atoms with Gasteiger partial charge in [0, 0.05) is 63.5 Å². The molecule has 2 aliphatic rings. The standard InChI is InChI=1S/C19H26N6O/c1-15-13-20-6-3-17(15)23-8-2-9-24(12-11-23)19-21-7-4-18(22-19)25-10-5-16(26)14-25/h3-4,6-7,13,16,26H,2,5,8-12,14H2,1H3/t16-/m1/s1. The third-order valence-electron chi connectivity index (χ3n) is 5.23. The summed E-state index contributed by atoms with van der Waals surface area (Å²) in [5.74, 6) is 1.70. The van der Waals surface area contributed by atoms with Gasteiger partial charge >= 0.3 is 0 Å². The molecule has 26 heavy (non-hydrogen) atoms. The average molecular weight is 354 g/mol. The summed E-state index contributed by atoms with van der Waals surface area (Å²) < 4.78 is 0. The number of β-amino-alcohol motifs (C(OH)–C–C–N with tert-alkyl or cyclic N) is 1. The molecule has 4 rings (SSSR count). The van der Waals surface area contributed by atoms with Crippen LogP contribution < -0.4 is 14.7 Å². The fraction of sp³-hybridized carbons (Fsp3) is 0.526. The highest BCUT2D eigenvalue weighted by Gasteiger charge is 2.23. The van der Waals surface area contributed by atoms with Crippen molar-refractivity contribution in [3.8, 4) is 0 Å². The number of rotatable bonds is 3. The van der Waals surface area contributed by atoms with Crippen LogP contribution in [-0.2, 0) is 0 Å². The summed E-state index contributed by atoms with van der Waals surface area (Å²) in [4.78, 5) is 20.3. The van der Waals surface area contributed by atoms with Crippen molar-refractivity contribution in [3.63, 3.8) is 0 Å². The molecule has 1 N–H and O–H groups in total. The first kappa shape index (κ1) is 17.0. The van der Waals surface area contributed by atoms with Crippen LogP contribution in [0.2, 0.25) is 0 Å². The van der Waals surface area contributed by atoms with Crippen molar-refractivity contribution in [3.05, 3.63) is 36.3 Å². The van der Waals surface area contributed by atoms with Crippen molar-refractivity contribution in [1.82, 2.24) is 15.0 Å². The zero-order valence-corrected chi connectivity index (χ0v) is 15.3. The second kappa shape index (κ2) is 7.45. The van der Waals surface area contributed by atoms with E-state index in [0.717, 1.165) is 57.3 Å². The lowest BCUT2D eigenvalue weighted by atomic mass is 10.2. The normalized spacial score (nSPS) is 21.2. The van der Waals surface area contributed by atoms with Gasteiger partial charge < -0.3 is 19.8 Å². The summed E-state index contributed by atoms with van der Waals surface area (Å²) >= 11 is 0. The highest BCUT2D eigenvalue weighted by Crippen LogP contribution is 2.23. The molecule has 0 aromatic carbocycles. The number of nitrogens with zero attached hydrogens (tertiary/aromatic N) is 6. The minimum atomic E-state index is -0.247. The van der Waals surface area contributed by atoms with E-state index in [1.807, 2.05) is 24.7 Å². The summed E-state index contributed by atoms with van der Waals surface area (Å²) in [6.07, 6.45) is 7.25. The monoisotopic (exact) mass is 354 g/mol. The molecule has 1 atom stereocenters. The number of pyridine rings is 1. The van der Waals surface area contributed by atoms with Gasteiger partial charge in [0.2, 0.25) is 5.95 Å². The molecule has 2 aliphatic heterocycles. The van der Waals surface area contributed by atoms with E-state index in [4.69, 9.17) is 4.98 Å². The van der Waals surface area contributed by atoms with Gasteiger partial charge in [0.25, 0.3) is 0 Å². The lowest BCUT2D eigenvalue weighted by Gasteiger charge is -2.25. The van der Waals surface area contributed by atoms with Crippen LogP contribution in [0.5, 0.6) is 0 Å². The van der Waals surface area contributed by atoms with E-state index < -0.39 is 0 Å². The van der Waals surface area contributed by atoms with E-state index in [9.17, 15) is 5.11 Å². The Kier molecular flexibility index (Phi) is 4.88. The summed E-state index contributed by atoms with van der Waals surface area (Å²) in [5, 5.41) is 9.77. The second-order valence-electron chi connectivity index (χ2n) is 7.09. The first-order valence-electron chi connectivity index (χ1n) is 9.37. The number of anilines is 3. The molecule has 138 valence electrons. The Bertz CT molecular complexity index is 754. The zero-order valence-electron chi connectivity index (χ0n) is 15.3. The van der Waals surface area contributed by atoms with E-state index in [1.54, 1.807) is 0 Å². The van der Waals surface area contributed by atoms with Crippen LogP contribution in [0.1, 0.15) is 18.4 Å². The van der Waals surface area contributed by atoms with Gasteiger partial charge in [0.05, 0.1) is 6.10 Å². The molecule has 7 heteroatoms. The predicted octanol–water partition coefficient (Wildman–Crippen LogP) is 1.47. The minimum absolute atomic E-state index is 0.247. The van der Waals surface area contributed by atoms with Crippen LogP contribution in [0.3, 0.4) is 0 Å².